The summed E-state index contributed by atoms with van der Waals surface area (Å²) in [5, 5.41) is 0. The number of rotatable bonds is 3. The Kier molecular flexibility index (Phi) is 3.07. The van der Waals surface area contributed by atoms with Gasteiger partial charge in [0.1, 0.15) is 0 Å². The summed E-state index contributed by atoms with van der Waals surface area (Å²) in [6.07, 6.45) is 0. The van der Waals surface area contributed by atoms with Crippen LogP contribution in [0.15, 0.2) is 0 Å². The minimum atomic E-state index is -4.32. The first kappa shape index (κ1) is 8.84. The molecule has 0 amide bonds. The van der Waals surface area contributed by atoms with E-state index in [-0.39, 0.29) is 12.5 Å². The maximum atomic E-state index is 11.7. The Morgan fingerprint density at radius 3 is 2.22 bits per heavy atom. The number of halogens is 1. The Morgan fingerprint density at radius 1 is 1.67 bits per heavy atom. The second-order valence-corrected chi connectivity index (χ2v) is 3.46. The molecule has 0 aliphatic heterocycles. The van der Waals surface area contributed by atoms with Crippen LogP contribution in [0.1, 0.15) is 6.92 Å². The zero-order chi connectivity index (χ0) is 7.49. The molecule has 3 nitrogen and oxygen atoms in total. The summed E-state index contributed by atoms with van der Waals surface area (Å²) >= 11 is 0. The van der Waals surface area contributed by atoms with Crippen LogP contribution in [0.3, 0.4) is 0 Å². The van der Waals surface area contributed by atoms with Gasteiger partial charge >= 0.3 is 10.2 Å². The van der Waals surface area contributed by atoms with E-state index in [1.807, 2.05) is 0 Å². The van der Waals surface area contributed by atoms with Crippen LogP contribution >= 0.6 is 0 Å². The van der Waals surface area contributed by atoms with Crippen LogP contribution in [0.4, 0.5) is 3.89 Å². The third-order valence-corrected chi connectivity index (χ3v) is 1.85. The smallest absolute Gasteiger partial charge is 0.302 e. The molecule has 0 aromatic rings. The summed E-state index contributed by atoms with van der Waals surface area (Å²) < 4.78 is 31.5. The van der Waals surface area contributed by atoms with Gasteiger partial charge in [0, 0.05) is 0 Å². The number of hydrogen-bond acceptors (Lipinski definition) is 3. The topological polar surface area (TPSA) is 60.2 Å². The largest absolute Gasteiger partial charge is 0.330 e. The zero-order valence-electron chi connectivity index (χ0n) is 5.17. The quantitative estimate of drug-likeness (QED) is 0.578. The Bertz CT molecular complexity index is 165. The minimum absolute atomic E-state index is 0.198. The van der Waals surface area contributed by atoms with Gasteiger partial charge in [0.25, 0.3) is 0 Å². The fraction of sp³-hybridized carbons (Fsp3) is 1.00. The lowest BCUT2D eigenvalue weighted by molar-refractivity contribution is 0.533. The Labute approximate surface area is 54.3 Å². The van der Waals surface area contributed by atoms with Gasteiger partial charge in [-0.25, -0.2) is 0 Å². The Morgan fingerprint density at radius 2 is 2.11 bits per heavy atom. The molecule has 9 heavy (non-hydrogen) atoms. The Balaban J connectivity index is 3.75. The second-order valence-electron chi connectivity index (χ2n) is 2.05. The average Bonchev–Trinajstić information content (AvgIpc) is 1.62. The van der Waals surface area contributed by atoms with Crippen LogP contribution in [0.25, 0.3) is 0 Å². The van der Waals surface area contributed by atoms with Crippen LogP contribution in [0, 0.1) is 5.92 Å². The van der Waals surface area contributed by atoms with Gasteiger partial charge in [-0.1, -0.05) is 6.92 Å². The van der Waals surface area contributed by atoms with Gasteiger partial charge in [-0.2, -0.15) is 8.42 Å². The van der Waals surface area contributed by atoms with Crippen molar-refractivity contribution >= 4 is 10.2 Å². The molecular weight excluding hydrogens is 145 g/mol. The van der Waals surface area contributed by atoms with E-state index in [2.05, 4.69) is 0 Å². The lowest BCUT2D eigenvalue weighted by Crippen LogP contribution is -2.18. The first-order chi connectivity index (χ1) is 3.95. The van der Waals surface area contributed by atoms with Crippen molar-refractivity contribution in [3.63, 3.8) is 0 Å². The molecule has 0 saturated heterocycles. The van der Waals surface area contributed by atoms with Gasteiger partial charge in [0.05, 0.1) is 5.75 Å². The van der Waals surface area contributed by atoms with E-state index in [0.717, 1.165) is 0 Å². The zero-order valence-corrected chi connectivity index (χ0v) is 5.99. The van der Waals surface area contributed by atoms with E-state index in [9.17, 15) is 12.3 Å². The highest BCUT2D eigenvalue weighted by Crippen LogP contribution is 1.99. The fourth-order valence-electron chi connectivity index (χ4n) is 0.408. The van der Waals surface area contributed by atoms with E-state index < -0.39 is 16.0 Å². The summed E-state index contributed by atoms with van der Waals surface area (Å²) in [6, 6.07) is 0. The van der Waals surface area contributed by atoms with Gasteiger partial charge in [-0.3, -0.25) is 0 Å². The molecule has 0 heterocycles. The standard InChI is InChI=1S/C4H10FNO2S/c1-4(2-6)3-9(5,7)8/h4H,2-3,6H2,1H3. The van der Waals surface area contributed by atoms with Crippen molar-refractivity contribution < 1.29 is 12.3 Å². The van der Waals surface area contributed by atoms with Crippen molar-refractivity contribution in [2.75, 3.05) is 12.3 Å². The molecular formula is C4H10FNO2S. The number of hydrogen-bond donors (Lipinski definition) is 1. The van der Waals surface area contributed by atoms with Crippen molar-refractivity contribution in [1.29, 1.82) is 0 Å². The van der Waals surface area contributed by atoms with Crippen molar-refractivity contribution in [3.05, 3.63) is 0 Å². The summed E-state index contributed by atoms with van der Waals surface area (Å²) in [5.74, 6) is -0.760. The van der Waals surface area contributed by atoms with Crippen LogP contribution in [0.5, 0.6) is 0 Å². The SMILES string of the molecule is CC(CN)CS(=O)(=O)F. The van der Waals surface area contributed by atoms with Gasteiger partial charge in [-0.15, -0.1) is 3.89 Å². The lowest BCUT2D eigenvalue weighted by Gasteiger charge is -2.01. The third kappa shape index (κ3) is 5.72. The van der Waals surface area contributed by atoms with Gasteiger partial charge in [0.2, 0.25) is 0 Å². The second kappa shape index (κ2) is 3.12. The van der Waals surface area contributed by atoms with Crippen molar-refractivity contribution in [2.24, 2.45) is 11.7 Å². The maximum Gasteiger partial charge on any atom is 0.302 e. The van der Waals surface area contributed by atoms with Crippen LogP contribution in [0.2, 0.25) is 0 Å². The molecule has 0 aliphatic carbocycles. The monoisotopic (exact) mass is 155 g/mol. The van der Waals surface area contributed by atoms with E-state index in [4.69, 9.17) is 5.73 Å². The molecule has 0 radical (unpaired) electrons. The molecule has 2 N–H and O–H groups in total. The molecule has 0 fully saturated rings. The van der Waals surface area contributed by atoms with Gasteiger partial charge in [0.15, 0.2) is 0 Å². The van der Waals surface area contributed by atoms with Crippen molar-refractivity contribution in [3.8, 4) is 0 Å². The van der Waals surface area contributed by atoms with Crippen LogP contribution in [-0.2, 0) is 10.2 Å². The summed E-state index contributed by atoms with van der Waals surface area (Å²) in [4.78, 5) is 0. The van der Waals surface area contributed by atoms with E-state index >= 15 is 0 Å². The molecule has 0 bridgehead atoms. The first-order valence-electron chi connectivity index (χ1n) is 2.58. The molecule has 5 heteroatoms. The molecule has 0 aromatic heterocycles. The number of nitrogens with two attached hydrogens (primary N) is 1. The summed E-state index contributed by atoms with van der Waals surface area (Å²) in [6.45, 7) is 1.78. The Hall–Kier alpha value is -0.160. The molecule has 1 atom stereocenters. The minimum Gasteiger partial charge on any atom is -0.330 e. The van der Waals surface area contributed by atoms with E-state index in [1.165, 1.54) is 0 Å². The lowest BCUT2D eigenvalue weighted by atomic mass is 10.2. The predicted molar refractivity (Wildman–Crippen MR) is 33.1 cm³/mol. The van der Waals surface area contributed by atoms with Gasteiger partial charge in [-0.05, 0) is 12.5 Å². The highest BCUT2D eigenvalue weighted by Gasteiger charge is 2.11. The van der Waals surface area contributed by atoms with Crippen molar-refractivity contribution in [2.45, 2.75) is 6.92 Å². The molecule has 0 rings (SSSR count). The molecule has 0 aromatic carbocycles. The molecule has 1 unspecified atom stereocenters. The van der Waals surface area contributed by atoms with E-state index in [0.29, 0.717) is 0 Å². The summed E-state index contributed by atoms with van der Waals surface area (Å²) in [7, 11) is -4.32. The average molecular weight is 155 g/mol. The predicted octanol–water partition coefficient (Wildman–Crippen LogP) is -0.119. The third-order valence-electron chi connectivity index (χ3n) is 0.886. The maximum absolute atomic E-state index is 11.7. The fourth-order valence-corrected chi connectivity index (χ4v) is 1.22. The molecule has 0 saturated carbocycles. The normalized spacial score (nSPS) is 15.4. The molecule has 0 aliphatic rings. The van der Waals surface area contributed by atoms with Crippen molar-refractivity contribution in [1.82, 2.24) is 0 Å². The highest BCUT2D eigenvalue weighted by atomic mass is 32.3. The van der Waals surface area contributed by atoms with Crippen LogP contribution < -0.4 is 5.73 Å². The molecule has 56 valence electrons. The highest BCUT2D eigenvalue weighted by molar-refractivity contribution is 7.86. The van der Waals surface area contributed by atoms with E-state index in [1.54, 1.807) is 6.92 Å². The van der Waals surface area contributed by atoms with Crippen LogP contribution in [-0.4, -0.2) is 20.7 Å². The molecule has 0 spiro atoms. The first-order valence-corrected chi connectivity index (χ1v) is 4.13. The summed E-state index contributed by atoms with van der Waals surface area (Å²) in [5.41, 5.74) is 5.05. The van der Waals surface area contributed by atoms with Gasteiger partial charge < -0.3 is 5.73 Å².